The summed E-state index contributed by atoms with van der Waals surface area (Å²) in [4.78, 5) is 12.6. The van der Waals surface area contributed by atoms with Gasteiger partial charge in [0.1, 0.15) is 11.1 Å². The van der Waals surface area contributed by atoms with Crippen molar-refractivity contribution >= 4 is 33.3 Å². The van der Waals surface area contributed by atoms with Crippen molar-refractivity contribution in [2.45, 2.75) is 9.37 Å². The van der Waals surface area contributed by atoms with Crippen LogP contribution in [0.2, 0.25) is 0 Å². The van der Waals surface area contributed by atoms with Crippen LogP contribution in [0, 0.1) is 11.3 Å². The largest absolute Gasteiger partial charge is 0.245 e. The topological polar surface area (TPSA) is 62.5 Å². The monoisotopic (exact) mass is 270 g/mol. The maximum Gasteiger partial charge on any atom is 0.173 e. The molecule has 0 N–H and O–H groups in total. The number of fused-ring (bicyclic) bond motifs is 1. The van der Waals surface area contributed by atoms with Crippen molar-refractivity contribution in [3.63, 3.8) is 0 Å². The van der Waals surface area contributed by atoms with Crippen molar-refractivity contribution in [3.8, 4) is 6.07 Å². The number of thiazole rings is 1. The van der Waals surface area contributed by atoms with Crippen LogP contribution in [0.3, 0.4) is 0 Å². The standard InChI is InChI=1S/C12H6N4S2/c13-7-9-11(15-6-5-14-9)18-12-16-8-3-1-2-4-10(8)17-12/h1-6H. The first-order valence-electron chi connectivity index (χ1n) is 5.11. The van der Waals surface area contributed by atoms with Crippen LogP contribution in [0.1, 0.15) is 5.69 Å². The first-order chi connectivity index (χ1) is 8.86. The predicted molar refractivity (Wildman–Crippen MR) is 70.5 cm³/mol. The number of nitriles is 1. The number of aromatic nitrogens is 3. The van der Waals surface area contributed by atoms with Gasteiger partial charge in [-0.05, 0) is 23.9 Å². The summed E-state index contributed by atoms with van der Waals surface area (Å²) >= 11 is 2.96. The maximum absolute atomic E-state index is 8.95. The lowest BCUT2D eigenvalue weighted by atomic mass is 10.3. The van der Waals surface area contributed by atoms with Crippen molar-refractivity contribution in [1.29, 1.82) is 5.26 Å². The molecule has 0 aliphatic heterocycles. The van der Waals surface area contributed by atoms with E-state index in [2.05, 4.69) is 15.0 Å². The van der Waals surface area contributed by atoms with Crippen LogP contribution in [0.4, 0.5) is 0 Å². The second kappa shape index (κ2) is 4.72. The van der Waals surface area contributed by atoms with Crippen LogP contribution in [-0.4, -0.2) is 15.0 Å². The minimum atomic E-state index is 0.335. The molecule has 0 aliphatic rings. The van der Waals surface area contributed by atoms with Crippen molar-refractivity contribution in [2.24, 2.45) is 0 Å². The minimum Gasteiger partial charge on any atom is -0.245 e. The average Bonchev–Trinajstić information content (AvgIpc) is 2.81. The molecule has 18 heavy (non-hydrogen) atoms. The van der Waals surface area contributed by atoms with E-state index in [1.807, 2.05) is 30.3 Å². The fourth-order valence-corrected chi connectivity index (χ4v) is 3.44. The molecule has 3 aromatic rings. The van der Waals surface area contributed by atoms with E-state index in [-0.39, 0.29) is 0 Å². The summed E-state index contributed by atoms with van der Waals surface area (Å²) in [6, 6.07) is 9.97. The van der Waals surface area contributed by atoms with Crippen LogP contribution in [0.25, 0.3) is 10.2 Å². The Morgan fingerprint density at radius 2 is 2.00 bits per heavy atom. The summed E-state index contributed by atoms with van der Waals surface area (Å²) in [7, 11) is 0. The van der Waals surface area contributed by atoms with Gasteiger partial charge in [0.2, 0.25) is 0 Å². The molecule has 0 saturated carbocycles. The van der Waals surface area contributed by atoms with Crippen LogP contribution < -0.4 is 0 Å². The lowest BCUT2D eigenvalue weighted by Crippen LogP contribution is -1.89. The van der Waals surface area contributed by atoms with E-state index in [4.69, 9.17) is 5.26 Å². The number of rotatable bonds is 2. The molecule has 0 saturated heterocycles. The number of para-hydroxylation sites is 1. The van der Waals surface area contributed by atoms with Crippen molar-refractivity contribution in [3.05, 3.63) is 42.4 Å². The molecule has 0 fully saturated rings. The van der Waals surface area contributed by atoms with Gasteiger partial charge in [-0.2, -0.15) is 5.26 Å². The van der Waals surface area contributed by atoms with Gasteiger partial charge in [0.15, 0.2) is 10.0 Å². The highest BCUT2D eigenvalue weighted by atomic mass is 32.2. The van der Waals surface area contributed by atoms with Crippen molar-refractivity contribution in [1.82, 2.24) is 15.0 Å². The van der Waals surface area contributed by atoms with E-state index in [0.29, 0.717) is 10.7 Å². The van der Waals surface area contributed by atoms with Crippen molar-refractivity contribution < 1.29 is 0 Å². The predicted octanol–water partition coefficient (Wildman–Crippen LogP) is 3.11. The van der Waals surface area contributed by atoms with Gasteiger partial charge in [-0.15, -0.1) is 11.3 Å². The van der Waals surface area contributed by atoms with Gasteiger partial charge in [-0.1, -0.05) is 12.1 Å². The van der Waals surface area contributed by atoms with Crippen LogP contribution in [0.5, 0.6) is 0 Å². The van der Waals surface area contributed by atoms with Crippen LogP contribution in [-0.2, 0) is 0 Å². The quantitative estimate of drug-likeness (QED) is 0.716. The summed E-state index contributed by atoms with van der Waals surface area (Å²) in [5.74, 6) is 0. The summed E-state index contributed by atoms with van der Waals surface area (Å²) in [5, 5.41) is 9.55. The summed E-state index contributed by atoms with van der Waals surface area (Å²) < 4.78 is 2.00. The Labute approximate surface area is 111 Å². The highest BCUT2D eigenvalue weighted by molar-refractivity contribution is 8.01. The number of nitrogens with zero attached hydrogens (tertiary/aromatic N) is 4. The molecular weight excluding hydrogens is 264 g/mol. The van der Waals surface area contributed by atoms with Crippen LogP contribution in [0.15, 0.2) is 46.0 Å². The smallest absolute Gasteiger partial charge is 0.173 e. The van der Waals surface area contributed by atoms with Gasteiger partial charge >= 0.3 is 0 Å². The fourth-order valence-electron chi connectivity index (χ4n) is 1.45. The van der Waals surface area contributed by atoms with Gasteiger partial charge in [0.25, 0.3) is 0 Å². The second-order valence-electron chi connectivity index (χ2n) is 3.37. The zero-order chi connectivity index (χ0) is 12.4. The Balaban J connectivity index is 1.99. The Kier molecular flexibility index (Phi) is 2.92. The second-order valence-corrected chi connectivity index (χ2v) is 5.64. The van der Waals surface area contributed by atoms with E-state index < -0.39 is 0 Å². The fraction of sp³-hybridized carbons (Fsp3) is 0. The highest BCUT2D eigenvalue weighted by Gasteiger charge is 2.10. The molecule has 0 atom stereocenters. The Bertz CT molecular complexity index is 712. The highest BCUT2D eigenvalue weighted by Crippen LogP contribution is 2.33. The Morgan fingerprint density at radius 3 is 2.83 bits per heavy atom. The SMILES string of the molecule is N#Cc1nccnc1Sc1nc2ccccc2s1. The summed E-state index contributed by atoms with van der Waals surface area (Å²) in [6.07, 6.45) is 3.09. The third kappa shape index (κ3) is 2.06. The third-order valence-corrected chi connectivity index (χ3v) is 4.32. The van der Waals surface area contributed by atoms with Gasteiger partial charge in [0.05, 0.1) is 10.2 Å². The van der Waals surface area contributed by atoms with Gasteiger partial charge in [-0.25, -0.2) is 15.0 Å². The summed E-state index contributed by atoms with van der Waals surface area (Å²) in [6.45, 7) is 0. The molecule has 2 heterocycles. The molecule has 3 rings (SSSR count). The van der Waals surface area contributed by atoms with Crippen molar-refractivity contribution in [2.75, 3.05) is 0 Å². The maximum atomic E-state index is 8.95. The Morgan fingerprint density at radius 1 is 1.17 bits per heavy atom. The molecule has 0 unspecified atom stereocenters. The molecule has 6 heteroatoms. The van der Waals surface area contributed by atoms with Gasteiger partial charge in [0, 0.05) is 12.4 Å². The molecule has 0 radical (unpaired) electrons. The third-order valence-electron chi connectivity index (χ3n) is 2.23. The molecule has 0 spiro atoms. The van der Waals surface area contributed by atoms with E-state index >= 15 is 0 Å². The summed E-state index contributed by atoms with van der Waals surface area (Å²) in [5.41, 5.74) is 1.30. The lowest BCUT2D eigenvalue weighted by molar-refractivity contribution is 1.02. The molecule has 86 valence electrons. The number of benzene rings is 1. The zero-order valence-electron chi connectivity index (χ0n) is 9.07. The van der Waals surface area contributed by atoms with Crippen LogP contribution >= 0.6 is 23.1 Å². The Hall–Kier alpha value is -1.97. The molecule has 1 aromatic carbocycles. The number of hydrogen-bond acceptors (Lipinski definition) is 6. The molecule has 2 aromatic heterocycles. The first-order valence-corrected chi connectivity index (χ1v) is 6.74. The lowest BCUT2D eigenvalue weighted by Gasteiger charge is -1.96. The van der Waals surface area contributed by atoms with E-state index in [9.17, 15) is 0 Å². The normalized spacial score (nSPS) is 10.4. The molecule has 0 bridgehead atoms. The van der Waals surface area contributed by atoms with E-state index in [1.54, 1.807) is 17.5 Å². The molecule has 4 nitrogen and oxygen atoms in total. The van der Waals surface area contributed by atoms with E-state index in [0.717, 1.165) is 14.6 Å². The average molecular weight is 270 g/mol. The molecule has 0 aliphatic carbocycles. The van der Waals surface area contributed by atoms with E-state index in [1.165, 1.54) is 18.0 Å². The molecule has 0 amide bonds. The van der Waals surface area contributed by atoms with Gasteiger partial charge in [-0.3, -0.25) is 0 Å². The molecular formula is C12H6N4S2. The minimum absolute atomic E-state index is 0.335. The number of hydrogen-bond donors (Lipinski definition) is 0. The zero-order valence-corrected chi connectivity index (χ0v) is 10.7. The van der Waals surface area contributed by atoms with Gasteiger partial charge < -0.3 is 0 Å². The first kappa shape index (κ1) is 11.1.